The van der Waals surface area contributed by atoms with Gasteiger partial charge in [0.1, 0.15) is 11.3 Å². The summed E-state index contributed by atoms with van der Waals surface area (Å²) in [5.41, 5.74) is 0.425. The van der Waals surface area contributed by atoms with E-state index in [0.717, 1.165) is 11.3 Å². The zero-order chi connectivity index (χ0) is 13.4. The number of nitriles is 1. The van der Waals surface area contributed by atoms with E-state index in [4.69, 9.17) is 15.1 Å². The highest BCUT2D eigenvalue weighted by Crippen LogP contribution is 2.19. The first-order chi connectivity index (χ1) is 8.65. The number of nitrogens with zero attached hydrogens (tertiary/aromatic N) is 1. The van der Waals surface area contributed by atoms with Gasteiger partial charge in [0.25, 0.3) is 0 Å². The number of aliphatic hydroxyl groups is 1. The monoisotopic (exact) mass is 248 g/mol. The normalized spacial score (nSPS) is 13.7. The molecule has 0 aromatic heterocycles. The molecule has 0 amide bonds. The average Bonchev–Trinajstić information content (AvgIpc) is 2.41. The molecule has 98 valence electrons. The molecule has 1 unspecified atom stereocenters. The second-order valence-corrected chi connectivity index (χ2v) is 4.37. The Morgan fingerprint density at radius 3 is 2.78 bits per heavy atom. The lowest BCUT2D eigenvalue weighted by atomic mass is 10.0. The van der Waals surface area contributed by atoms with Crippen LogP contribution in [-0.2, 0) is 6.42 Å². The van der Waals surface area contributed by atoms with Gasteiger partial charge in [-0.3, -0.25) is 0 Å². The first kappa shape index (κ1) is 14.5. The lowest BCUT2D eigenvalue weighted by Gasteiger charge is -2.21. The van der Waals surface area contributed by atoms with Crippen LogP contribution in [0.3, 0.4) is 0 Å². The molecular weight excluding hydrogens is 228 g/mol. The van der Waals surface area contributed by atoms with Crippen LogP contribution in [0.2, 0.25) is 0 Å². The van der Waals surface area contributed by atoms with Crippen molar-refractivity contribution in [2.24, 2.45) is 0 Å². The Hall–Kier alpha value is -1.57. The molecule has 0 saturated heterocycles. The maximum absolute atomic E-state index is 9.02. The maximum atomic E-state index is 9.02. The van der Waals surface area contributed by atoms with Crippen LogP contribution in [-0.4, -0.2) is 30.9 Å². The van der Waals surface area contributed by atoms with Crippen LogP contribution in [0.25, 0.3) is 0 Å². The highest BCUT2D eigenvalue weighted by atomic mass is 16.5. The molecule has 0 aliphatic rings. The van der Waals surface area contributed by atoms with Crippen molar-refractivity contribution in [3.63, 3.8) is 0 Å². The van der Waals surface area contributed by atoms with Crippen LogP contribution in [0.4, 0.5) is 0 Å². The van der Waals surface area contributed by atoms with Gasteiger partial charge in [-0.05, 0) is 32.0 Å². The van der Waals surface area contributed by atoms with Gasteiger partial charge in [-0.1, -0.05) is 18.2 Å². The smallest absolute Gasteiger partial charge is 0.122 e. The summed E-state index contributed by atoms with van der Waals surface area (Å²) in [7, 11) is 1.77. The fraction of sp³-hybridized carbons (Fsp3) is 0.500. The van der Waals surface area contributed by atoms with Crippen molar-refractivity contribution in [1.29, 1.82) is 5.26 Å². The molecule has 4 nitrogen and oxygen atoms in total. The number of hydrogen-bond acceptors (Lipinski definition) is 4. The van der Waals surface area contributed by atoms with Crippen molar-refractivity contribution in [3.05, 3.63) is 29.8 Å². The predicted molar refractivity (Wildman–Crippen MR) is 70.4 cm³/mol. The highest BCUT2D eigenvalue weighted by Gasteiger charge is 2.20. The van der Waals surface area contributed by atoms with Gasteiger partial charge < -0.3 is 15.2 Å². The van der Waals surface area contributed by atoms with Crippen molar-refractivity contribution in [1.82, 2.24) is 5.32 Å². The number of nitrogens with one attached hydrogen (secondary N) is 1. The van der Waals surface area contributed by atoms with Crippen LogP contribution in [0.5, 0.6) is 5.75 Å². The van der Waals surface area contributed by atoms with Gasteiger partial charge in [0, 0.05) is 13.0 Å². The number of para-hydroxylation sites is 1. The van der Waals surface area contributed by atoms with Gasteiger partial charge in [0.15, 0.2) is 0 Å². The summed E-state index contributed by atoms with van der Waals surface area (Å²) in [4.78, 5) is 0. The third kappa shape index (κ3) is 4.02. The Kier molecular flexibility index (Phi) is 5.63. The summed E-state index contributed by atoms with van der Waals surface area (Å²) < 4.78 is 5.69. The first-order valence-electron chi connectivity index (χ1n) is 6.07. The lowest BCUT2D eigenvalue weighted by Crippen LogP contribution is -2.39. The molecule has 0 bridgehead atoms. The van der Waals surface area contributed by atoms with E-state index in [9.17, 15) is 0 Å². The lowest BCUT2D eigenvalue weighted by molar-refractivity contribution is 0.265. The van der Waals surface area contributed by atoms with Crippen LogP contribution in [0.1, 0.15) is 18.9 Å². The standard InChI is InChI=1S/C14H20N2O2/c1-14(11-15,16-2)8-10-18-13-6-4-3-5-12(13)7-9-17/h3-6,16-17H,7-10H2,1-2H3. The molecule has 0 aliphatic heterocycles. The summed E-state index contributed by atoms with van der Waals surface area (Å²) in [5.74, 6) is 0.781. The summed E-state index contributed by atoms with van der Waals surface area (Å²) >= 11 is 0. The Morgan fingerprint density at radius 2 is 2.17 bits per heavy atom. The van der Waals surface area contributed by atoms with Crippen molar-refractivity contribution in [2.75, 3.05) is 20.3 Å². The minimum atomic E-state index is -0.564. The fourth-order valence-corrected chi connectivity index (χ4v) is 1.57. The van der Waals surface area contributed by atoms with E-state index in [1.54, 1.807) is 7.05 Å². The minimum absolute atomic E-state index is 0.104. The van der Waals surface area contributed by atoms with Crippen molar-refractivity contribution in [2.45, 2.75) is 25.3 Å². The summed E-state index contributed by atoms with van der Waals surface area (Å²) in [5, 5.41) is 21.0. The zero-order valence-electron chi connectivity index (χ0n) is 10.9. The molecule has 1 atom stereocenters. The molecule has 0 heterocycles. The molecule has 0 fully saturated rings. The Morgan fingerprint density at radius 1 is 1.44 bits per heavy atom. The van der Waals surface area contributed by atoms with Crippen LogP contribution in [0.15, 0.2) is 24.3 Å². The number of benzene rings is 1. The number of hydrogen-bond donors (Lipinski definition) is 2. The van der Waals surface area contributed by atoms with Gasteiger partial charge in [0.2, 0.25) is 0 Å². The zero-order valence-corrected chi connectivity index (χ0v) is 10.9. The van der Waals surface area contributed by atoms with Crippen molar-refractivity contribution >= 4 is 0 Å². The molecule has 18 heavy (non-hydrogen) atoms. The van der Waals surface area contributed by atoms with Crippen LogP contribution < -0.4 is 10.1 Å². The number of rotatable bonds is 7. The number of ether oxygens (including phenoxy) is 1. The second-order valence-electron chi connectivity index (χ2n) is 4.37. The predicted octanol–water partition coefficient (Wildman–Crippen LogP) is 1.49. The Labute approximate surface area is 108 Å². The van der Waals surface area contributed by atoms with Crippen LogP contribution in [0, 0.1) is 11.3 Å². The van der Waals surface area contributed by atoms with Gasteiger partial charge >= 0.3 is 0 Å². The molecule has 2 N–H and O–H groups in total. The SMILES string of the molecule is CNC(C)(C#N)CCOc1ccccc1CCO. The molecule has 1 rings (SSSR count). The molecule has 1 aromatic carbocycles. The summed E-state index contributed by atoms with van der Waals surface area (Å²) in [6, 6.07) is 9.87. The molecule has 0 saturated carbocycles. The van der Waals surface area contributed by atoms with E-state index < -0.39 is 5.54 Å². The highest BCUT2D eigenvalue weighted by molar-refractivity contribution is 5.33. The van der Waals surface area contributed by atoms with Crippen molar-refractivity contribution in [3.8, 4) is 11.8 Å². The van der Waals surface area contributed by atoms with E-state index in [0.29, 0.717) is 19.4 Å². The molecule has 0 radical (unpaired) electrons. The van der Waals surface area contributed by atoms with Gasteiger partial charge in [-0.15, -0.1) is 0 Å². The minimum Gasteiger partial charge on any atom is -0.493 e. The summed E-state index contributed by atoms with van der Waals surface area (Å²) in [6.07, 6.45) is 1.19. The molecule has 0 aliphatic carbocycles. The summed E-state index contributed by atoms with van der Waals surface area (Å²) in [6.45, 7) is 2.41. The van der Waals surface area contributed by atoms with E-state index in [2.05, 4.69) is 11.4 Å². The largest absolute Gasteiger partial charge is 0.493 e. The van der Waals surface area contributed by atoms with Gasteiger partial charge in [-0.2, -0.15) is 5.26 Å². The first-order valence-corrected chi connectivity index (χ1v) is 6.07. The topological polar surface area (TPSA) is 65.3 Å². The van der Waals surface area contributed by atoms with E-state index in [1.165, 1.54) is 0 Å². The quantitative estimate of drug-likeness (QED) is 0.767. The van der Waals surface area contributed by atoms with Crippen LogP contribution >= 0.6 is 0 Å². The fourth-order valence-electron chi connectivity index (χ4n) is 1.57. The molecule has 1 aromatic rings. The second kappa shape index (κ2) is 7.00. The maximum Gasteiger partial charge on any atom is 0.122 e. The number of aliphatic hydroxyl groups excluding tert-OH is 1. The third-order valence-corrected chi connectivity index (χ3v) is 3.01. The van der Waals surface area contributed by atoms with E-state index in [1.807, 2.05) is 31.2 Å². The van der Waals surface area contributed by atoms with Gasteiger partial charge in [-0.25, -0.2) is 0 Å². The van der Waals surface area contributed by atoms with E-state index in [-0.39, 0.29) is 6.61 Å². The molecule has 4 heteroatoms. The molecule has 0 spiro atoms. The average molecular weight is 248 g/mol. The Balaban J connectivity index is 2.56. The van der Waals surface area contributed by atoms with Gasteiger partial charge in [0.05, 0.1) is 12.7 Å². The van der Waals surface area contributed by atoms with Crippen molar-refractivity contribution < 1.29 is 9.84 Å². The third-order valence-electron chi connectivity index (χ3n) is 3.01. The Bertz CT molecular complexity index is 415. The van der Waals surface area contributed by atoms with E-state index >= 15 is 0 Å². The molecular formula is C14H20N2O2.